The molecule has 0 saturated heterocycles. The van der Waals surface area contributed by atoms with Gasteiger partial charge in [0.2, 0.25) is 0 Å². The molecule has 0 radical (unpaired) electrons. The van der Waals surface area contributed by atoms with Gasteiger partial charge in [0.05, 0.1) is 18.8 Å². The van der Waals surface area contributed by atoms with Crippen molar-refractivity contribution >= 4 is 51.3 Å². The summed E-state index contributed by atoms with van der Waals surface area (Å²) >= 11 is 1.25. The second-order valence-corrected chi connectivity index (χ2v) is 8.66. The Morgan fingerprint density at radius 2 is 1.92 bits per heavy atom. The molecule has 0 aliphatic heterocycles. The number of halogens is 1. The first-order valence-corrected chi connectivity index (χ1v) is 9.55. The molecule has 0 aliphatic rings. The Labute approximate surface area is 169 Å². The van der Waals surface area contributed by atoms with E-state index in [9.17, 15) is 8.42 Å². The molecule has 0 bridgehead atoms. The summed E-state index contributed by atoms with van der Waals surface area (Å²) in [6.07, 6.45) is 1.74. The topological polar surface area (TPSA) is 86.7 Å². The average molecular weight is 495 g/mol. The molecule has 0 aromatic carbocycles. The van der Waals surface area contributed by atoms with E-state index in [2.05, 4.69) is 20.6 Å². The molecule has 2 aromatic rings. The van der Waals surface area contributed by atoms with Crippen molar-refractivity contribution in [1.82, 2.24) is 19.9 Å². The Hall–Kier alpha value is -1.24. The van der Waals surface area contributed by atoms with E-state index in [4.69, 9.17) is 0 Å². The van der Waals surface area contributed by atoms with Crippen molar-refractivity contribution < 1.29 is 8.42 Å². The molecule has 2 aromatic heterocycles. The fraction of sp³-hybridized carbons (Fsp3) is 0.333. The van der Waals surface area contributed by atoms with Crippen LogP contribution in [0, 0.1) is 0 Å². The number of nitrogens with one attached hydrogen (secondary N) is 2. The number of hydrogen-bond donors (Lipinski definition) is 2. The molecule has 0 saturated carbocycles. The summed E-state index contributed by atoms with van der Waals surface area (Å²) in [7, 11) is 1.36. The predicted molar refractivity (Wildman–Crippen MR) is 112 cm³/mol. The maximum Gasteiger partial charge on any atom is 0.252 e. The number of rotatable bonds is 6. The molecular weight excluding hydrogens is 473 g/mol. The van der Waals surface area contributed by atoms with Gasteiger partial charge in [0.25, 0.3) is 10.0 Å². The van der Waals surface area contributed by atoms with Crippen LogP contribution >= 0.6 is 35.3 Å². The summed E-state index contributed by atoms with van der Waals surface area (Å²) in [5.74, 6) is 0.631. The lowest BCUT2D eigenvalue weighted by Crippen LogP contribution is -2.36. The zero-order valence-corrected chi connectivity index (χ0v) is 18.2. The third kappa shape index (κ3) is 6.20. The first-order chi connectivity index (χ1) is 11.4. The predicted octanol–water partition coefficient (Wildman–Crippen LogP) is 1.88. The summed E-state index contributed by atoms with van der Waals surface area (Å²) in [5.41, 5.74) is 0.913. The third-order valence-electron chi connectivity index (χ3n) is 3.19. The largest absolute Gasteiger partial charge is 0.352 e. The Morgan fingerprint density at radius 3 is 2.52 bits per heavy atom. The van der Waals surface area contributed by atoms with Crippen LogP contribution in [0.1, 0.15) is 10.6 Å². The van der Waals surface area contributed by atoms with E-state index in [1.807, 2.05) is 18.2 Å². The van der Waals surface area contributed by atoms with Crippen LogP contribution in [-0.4, -0.2) is 44.8 Å². The van der Waals surface area contributed by atoms with E-state index >= 15 is 0 Å². The van der Waals surface area contributed by atoms with Crippen LogP contribution in [0.3, 0.4) is 0 Å². The molecule has 138 valence electrons. The molecule has 2 heterocycles. The smallest absolute Gasteiger partial charge is 0.252 e. The van der Waals surface area contributed by atoms with Gasteiger partial charge in [-0.15, -0.1) is 35.3 Å². The second kappa shape index (κ2) is 10.0. The number of aliphatic imine (C=N–C) groups is 1. The van der Waals surface area contributed by atoms with Gasteiger partial charge in [0.15, 0.2) is 5.96 Å². The molecule has 2 N–H and O–H groups in total. The van der Waals surface area contributed by atoms with Gasteiger partial charge in [-0.1, -0.05) is 6.07 Å². The molecule has 0 unspecified atom stereocenters. The van der Waals surface area contributed by atoms with Crippen LogP contribution < -0.4 is 10.6 Å². The van der Waals surface area contributed by atoms with Gasteiger partial charge in [0.1, 0.15) is 4.21 Å². The number of sulfonamides is 1. The van der Waals surface area contributed by atoms with E-state index in [1.165, 1.54) is 29.7 Å². The Morgan fingerprint density at radius 1 is 1.20 bits per heavy atom. The summed E-state index contributed by atoms with van der Waals surface area (Å²) in [6, 6.07) is 9.16. The highest BCUT2D eigenvalue weighted by atomic mass is 127. The lowest BCUT2D eigenvalue weighted by atomic mass is 10.3. The summed E-state index contributed by atoms with van der Waals surface area (Å²) in [5, 5.41) is 6.33. The van der Waals surface area contributed by atoms with Gasteiger partial charge in [-0.3, -0.25) is 9.98 Å². The van der Waals surface area contributed by atoms with Crippen molar-refractivity contribution in [3.8, 4) is 0 Å². The number of nitrogens with zero attached hydrogens (tertiary/aromatic N) is 3. The van der Waals surface area contributed by atoms with Crippen LogP contribution in [0.25, 0.3) is 0 Å². The molecule has 10 heteroatoms. The fourth-order valence-electron chi connectivity index (χ4n) is 1.84. The summed E-state index contributed by atoms with van der Waals surface area (Å²) in [6.45, 7) is 1.06. The highest BCUT2D eigenvalue weighted by Gasteiger charge is 2.19. The van der Waals surface area contributed by atoms with Gasteiger partial charge < -0.3 is 10.6 Å². The first-order valence-electron chi connectivity index (χ1n) is 7.29. The van der Waals surface area contributed by atoms with Crippen molar-refractivity contribution in [3.63, 3.8) is 0 Å². The number of pyridine rings is 1. The van der Waals surface area contributed by atoms with Crippen LogP contribution in [0.15, 0.2) is 45.7 Å². The zero-order chi connectivity index (χ0) is 17.6. The maximum absolute atomic E-state index is 12.1. The highest BCUT2D eigenvalue weighted by Crippen LogP contribution is 2.23. The number of guanidine groups is 1. The molecule has 0 aliphatic carbocycles. The number of aromatic nitrogens is 1. The zero-order valence-electron chi connectivity index (χ0n) is 14.3. The van der Waals surface area contributed by atoms with Crippen LogP contribution in [-0.2, 0) is 23.1 Å². The van der Waals surface area contributed by atoms with Crippen molar-refractivity contribution in [2.24, 2.45) is 4.99 Å². The van der Waals surface area contributed by atoms with Gasteiger partial charge in [-0.05, 0) is 24.3 Å². The van der Waals surface area contributed by atoms with E-state index in [-0.39, 0.29) is 24.0 Å². The van der Waals surface area contributed by atoms with Crippen molar-refractivity contribution in [3.05, 3.63) is 47.1 Å². The molecule has 2 rings (SSSR count). The maximum atomic E-state index is 12.1. The SMILES string of the molecule is CN=C(NCc1ccccn1)NCc1ccc(S(=O)(=O)N(C)C)s1.I. The highest BCUT2D eigenvalue weighted by molar-refractivity contribution is 14.0. The summed E-state index contributed by atoms with van der Waals surface area (Å²) in [4.78, 5) is 9.30. The standard InChI is InChI=1S/C15H21N5O2S2.HI/c1-16-15(18-10-12-6-4-5-9-17-12)19-11-13-7-8-14(23-13)24(21,22)20(2)3;/h4-9H,10-11H2,1-3H3,(H2,16,18,19);1H. The number of hydrogen-bond acceptors (Lipinski definition) is 5. The minimum Gasteiger partial charge on any atom is -0.352 e. The van der Waals surface area contributed by atoms with Gasteiger partial charge in [-0.2, -0.15) is 0 Å². The molecule has 0 spiro atoms. The van der Waals surface area contributed by atoms with Gasteiger partial charge in [0, 0.05) is 32.2 Å². The fourth-order valence-corrected chi connectivity index (χ4v) is 4.30. The first kappa shape index (κ1) is 21.8. The third-order valence-corrected chi connectivity index (χ3v) is 6.56. The van der Waals surface area contributed by atoms with Crippen molar-refractivity contribution in [1.29, 1.82) is 0 Å². The Balaban J connectivity index is 0.00000312. The lowest BCUT2D eigenvalue weighted by molar-refractivity contribution is 0.523. The second-order valence-electron chi connectivity index (χ2n) is 5.11. The van der Waals surface area contributed by atoms with Crippen LogP contribution in [0.5, 0.6) is 0 Å². The normalized spacial score (nSPS) is 11.9. The molecule has 0 amide bonds. The van der Waals surface area contributed by atoms with E-state index in [0.29, 0.717) is 23.3 Å². The monoisotopic (exact) mass is 495 g/mol. The minimum absolute atomic E-state index is 0. The minimum atomic E-state index is -3.38. The molecule has 25 heavy (non-hydrogen) atoms. The number of thiophene rings is 1. The Kier molecular flexibility index (Phi) is 8.76. The Bertz CT molecular complexity index is 791. The van der Waals surface area contributed by atoms with Gasteiger partial charge >= 0.3 is 0 Å². The van der Waals surface area contributed by atoms with Crippen molar-refractivity contribution in [2.75, 3.05) is 21.1 Å². The van der Waals surface area contributed by atoms with Crippen LogP contribution in [0.4, 0.5) is 0 Å². The van der Waals surface area contributed by atoms with E-state index < -0.39 is 10.0 Å². The molecule has 0 fully saturated rings. The van der Waals surface area contributed by atoms with E-state index in [0.717, 1.165) is 10.6 Å². The quantitative estimate of drug-likeness (QED) is 0.363. The molecule has 0 atom stereocenters. The van der Waals surface area contributed by atoms with E-state index in [1.54, 1.807) is 25.4 Å². The van der Waals surface area contributed by atoms with Crippen molar-refractivity contribution in [2.45, 2.75) is 17.3 Å². The molecular formula is C15H22IN5O2S2. The average Bonchev–Trinajstić information content (AvgIpc) is 3.05. The van der Waals surface area contributed by atoms with Crippen LogP contribution in [0.2, 0.25) is 0 Å². The summed E-state index contributed by atoms with van der Waals surface area (Å²) < 4.78 is 25.7. The molecule has 7 nitrogen and oxygen atoms in total. The lowest BCUT2D eigenvalue weighted by Gasteiger charge is -2.11. The van der Waals surface area contributed by atoms with Gasteiger partial charge in [-0.25, -0.2) is 12.7 Å².